The number of aromatic amines is 1. The molecule has 1 saturated carbocycles. The Labute approximate surface area is 375 Å². The number of hydrogen-bond acceptors (Lipinski definition) is 9. The van der Waals surface area contributed by atoms with E-state index in [4.69, 9.17) is 14.5 Å². The average molecular weight is 887 g/mol. The van der Waals surface area contributed by atoms with Gasteiger partial charge in [-0.1, -0.05) is 58.0 Å². The van der Waals surface area contributed by atoms with Crippen molar-refractivity contribution in [3.05, 3.63) is 83.3 Å². The molecule has 3 N–H and O–H groups in total. The summed E-state index contributed by atoms with van der Waals surface area (Å²) in [6, 6.07) is 15.8. The summed E-state index contributed by atoms with van der Waals surface area (Å²) < 4.78 is 42.9. The summed E-state index contributed by atoms with van der Waals surface area (Å²) in [5.74, 6) is -4.03. The highest BCUT2D eigenvalue weighted by Crippen LogP contribution is 2.53. The minimum Gasteiger partial charge on any atom is -0.453 e. The van der Waals surface area contributed by atoms with Crippen LogP contribution in [0, 0.1) is 35.0 Å². The summed E-state index contributed by atoms with van der Waals surface area (Å²) in [6.45, 7) is 7.55. The molecule has 3 aromatic carbocycles. The molecule has 2 saturated heterocycles. The van der Waals surface area contributed by atoms with Crippen LogP contribution in [0.15, 0.2) is 65.8 Å². The predicted octanol–water partition coefficient (Wildman–Crippen LogP) is 8.05. The maximum absolute atomic E-state index is 16.6. The normalized spacial score (nSPS) is 23.1. The van der Waals surface area contributed by atoms with Gasteiger partial charge in [0.05, 0.1) is 55.9 Å². The highest BCUT2D eigenvalue weighted by molar-refractivity contribution is 6.02. The SMILES string of the molecule is COC(=O)N[C@H](C(=O)N1C[C@@H](C#N)CC1c1ncc(-c2ccc3c(c2)C(F)(F)c2cc(-c4ccc5c(c4)CC([C@@H]4[C@H]6CC[C@H](C6)N4C(=O)[C@@H](NC(=O)OC)C(C)C)=N5)ccc2-3)[nH]1)C(C)C. The van der Waals surface area contributed by atoms with Gasteiger partial charge in [-0.15, -0.1) is 0 Å². The van der Waals surface area contributed by atoms with Gasteiger partial charge >= 0.3 is 12.2 Å². The van der Waals surface area contributed by atoms with Crippen molar-refractivity contribution in [1.29, 1.82) is 5.26 Å². The van der Waals surface area contributed by atoms with E-state index in [2.05, 4.69) is 26.7 Å². The van der Waals surface area contributed by atoms with Gasteiger partial charge in [0.1, 0.15) is 17.9 Å². The maximum atomic E-state index is 16.6. The number of piperidine rings is 1. The molecule has 14 nitrogen and oxygen atoms in total. The number of halogens is 2. The largest absolute Gasteiger partial charge is 0.453 e. The highest BCUT2D eigenvalue weighted by atomic mass is 19.3. The molecule has 4 heterocycles. The molecule has 5 aliphatic rings. The van der Waals surface area contributed by atoms with E-state index in [1.807, 2.05) is 43.0 Å². The van der Waals surface area contributed by atoms with Crippen molar-refractivity contribution < 1.29 is 37.4 Å². The molecule has 4 aromatic rings. The molecule has 65 heavy (non-hydrogen) atoms. The number of nitrogens with one attached hydrogen (secondary N) is 3. The van der Waals surface area contributed by atoms with Crippen LogP contribution in [0.2, 0.25) is 0 Å². The second-order valence-corrected chi connectivity index (χ2v) is 18.6. The van der Waals surface area contributed by atoms with Gasteiger partial charge in [0, 0.05) is 41.4 Å². The van der Waals surface area contributed by atoms with Gasteiger partial charge in [0.15, 0.2) is 0 Å². The lowest BCUT2D eigenvalue weighted by molar-refractivity contribution is -0.137. The quantitative estimate of drug-likeness (QED) is 0.143. The number of amides is 4. The van der Waals surface area contributed by atoms with Crippen LogP contribution >= 0.6 is 0 Å². The summed E-state index contributed by atoms with van der Waals surface area (Å²) in [5.41, 5.74) is 5.71. The van der Waals surface area contributed by atoms with E-state index in [9.17, 15) is 24.4 Å². The number of carbonyl (C=O) groups is 4. The first-order valence-corrected chi connectivity index (χ1v) is 22.3. The molecule has 1 unspecified atom stereocenters. The number of H-pyrrole nitrogens is 1. The lowest BCUT2D eigenvalue weighted by Crippen LogP contribution is -2.57. The Balaban J connectivity index is 0.933. The zero-order chi connectivity index (χ0) is 46.1. The fourth-order valence-corrected chi connectivity index (χ4v) is 10.7. The number of aromatic nitrogens is 2. The molecule has 0 radical (unpaired) electrons. The van der Waals surface area contributed by atoms with Gasteiger partial charge in [-0.3, -0.25) is 14.6 Å². The summed E-state index contributed by atoms with van der Waals surface area (Å²) in [7, 11) is 2.50. The number of rotatable bonds is 10. The Kier molecular flexibility index (Phi) is 11.2. The summed E-state index contributed by atoms with van der Waals surface area (Å²) >= 11 is 0. The zero-order valence-corrected chi connectivity index (χ0v) is 37.2. The third-order valence-electron chi connectivity index (χ3n) is 14.0. The summed E-state index contributed by atoms with van der Waals surface area (Å²) in [4.78, 5) is 68.5. The fourth-order valence-electron chi connectivity index (χ4n) is 10.7. The summed E-state index contributed by atoms with van der Waals surface area (Å²) in [5, 5.41) is 15.2. The third kappa shape index (κ3) is 7.58. The van der Waals surface area contributed by atoms with Crippen molar-refractivity contribution in [2.75, 3.05) is 20.8 Å². The predicted molar refractivity (Wildman–Crippen MR) is 237 cm³/mol. The first-order valence-electron chi connectivity index (χ1n) is 22.3. The Bertz CT molecular complexity index is 2670. The molecular weight excluding hydrogens is 835 g/mol. The van der Waals surface area contributed by atoms with E-state index >= 15 is 8.78 Å². The minimum atomic E-state index is -3.31. The van der Waals surface area contributed by atoms with Crippen molar-refractivity contribution in [1.82, 2.24) is 30.4 Å². The van der Waals surface area contributed by atoms with E-state index in [0.29, 0.717) is 46.6 Å². The Morgan fingerprint density at radius 2 is 1.46 bits per heavy atom. The molecule has 2 bridgehead atoms. The van der Waals surface area contributed by atoms with Crippen LogP contribution < -0.4 is 10.6 Å². The Hall–Kier alpha value is -6.63. The molecular formula is C49H52F2N8O6. The van der Waals surface area contributed by atoms with E-state index in [1.165, 1.54) is 20.3 Å². The van der Waals surface area contributed by atoms with Crippen molar-refractivity contribution in [3.8, 4) is 39.6 Å². The number of ether oxygens (including phenoxy) is 2. The van der Waals surface area contributed by atoms with Gasteiger partial charge in [-0.05, 0) is 95.5 Å². The lowest BCUT2D eigenvalue weighted by Gasteiger charge is -2.38. The average Bonchev–Trinajstić information content (AvgIpc) is 4.17. The van der Waals surface area contributed by atoms with Crippen LogP contribution in [0.3, 0.4) is 0 Å². The van der Waals surface area contributed by atoms with Gasteiger partial charge in [0.25, 0.3) is 5.92 Å². The van der Waals surface area contributed by atoms with Crippen molar-refractivity contribution in [2.24, 2.45) is 28.7 Å². The maximum Gasteiger partial charge on any atom is 0.407 e. The Morgan fingerprint density at radius 1 is 0.846 bits per heavy atom. The van der Waals surface area contributed by atoms with E-state index in [1.54, 1.807) is 49.2 Å². The number of aliphatic imine (C=N–C) groups is 1. The van der Waals surface area contributed by atoms with Crippen LogP contribution in [0.5, 0.6) is 0 Å². The standard InChI is InChI=1S/C49H52F2N8O6/c1-24(2)41(56-47(62)64-5)45(60)58-23-26(21-52)15-40(58)44-53-22-39(55-44)29-9-13-34-33-12-8-28(18-35(33)49(50,51)36(34)19-29)27-10-14-37-31(16-27)20-38(54-37)43-30-7-11-32(17-30)59(43)46(61)42(25(3)4)57-48(63)65-6/h8-10,12-14,16,18-19,22,24-26,30,32,40-43H,7,11,15,17,20,23H2,1-6H3,(H,53,55)(H,56,62)(H,57,63)/t26-,30+,32-,40?,41+,42+,43+/m1/s1. The number of imidazole rings is 1. The van der Waals surface area contributed by atoms with E-state index < -0.39 is 42.2 Å². The van der Waals surface area contributed by atoms with Gasteiger partial charge < -0.3 is 34.9 Å². The lowest BCUT2D eigenvalue weighted by atomic mass is 9.90. The molecule has 4 amide bonds. The van der Waals surface area contributed by atoms with Crippen LogP contribution in [-0.4, -0.2) is 94.4 Å². The van der Waals surface area contributed by atoms with Gasteiger partial charge in [-0.2, -0.15) is 14.0 Å². The second kappa shape index (κ2) is 16.7. The number of nitriles is 1. The van der Waals surface area contributed by atoms with Gasteiger partial charge in [-0.25, -0.2) is 14.6 Å². The van der Waals surface area contributed by atoms with Crippen molar-refractivity contribution in [2.45, 2.75) is 95.9 Å². The topological polar surface area (TPSA) is 182 Å². The smallest absolute Gasteiger partial charge is 0.407 e. The molecule has 9 rings (SSSR count). The number of hydrogen-bond donors (Lipinski definition) is 3. The third-order valence-corrected chi connectivity index (χ3v) is 14.0. The van der Waals surface area contributed by atoms with E-state index in [-0.39, 0.29) is 59.3 Å². The number of carbonyl (C=O) groups excluding carboxylic acids is 4. The number of benzene rings is 3. The second-order valence-electron chi connectivity index (χ2n) is 18.6. The fraction of sp³-hybridized carbons (Fsp3) is 0.449. The molecule has 7 atom stereocenters. The van der Waals surface area contributed by atoms with Gasteiger partial charge in [0.2, 0.25) is 11.8 Å². The van der Waals surface area contributed by atoms with Crippen LogP contribution in [0.25, 0.3) is 33.5 Å². The first-order chi connectivity index (χ1) is 31.1. The number of alkyl carbamates (subject to hydrolysis) is 2. The monoisotopic (exact) mass is 886 g/mol. The molecule has 3 fully saturated rings. The molecule has 2 aliphatic carbocycles. The number of methoxy groups -OCH3 is 2. The number of alkyl halides is 2. The molecule has 16 heteroatoms. The Morgan fingerprint density at radius 3 is 2.11 bits per heavy atom. The number of nitrogens with zero attached hydrogens (tertiary/aromatic N) is 5. The van der Waals surface area contributed by atoms with Crippen LogP contribution in [-0.2, 0) is 31.4 Å². The highest BCUT2D eigenvalue weighted by Gasteiger charge is 2.52. The molecule has 1 aromatic heterocycles. The number of likely N-dealkylation sites (tertiary alicyclic amines) is 2. The summed E-state index contributed by atoms with van der Waals surface area (Å²) in [6.07, 6.45) is 3.79. The van der Waals surface area contributed by atoms with Crippen molar-refractivity contribution in [3.63, 3.8) is 0 Å². The molecule has 3 aliphatic heterocycles. The van der Waals surface area contributed by atoms with Crippen molar-refractivity contribution >= 4 is 35.4 Å². The number of fused-ring (bicyclic) bond motifs is 6. The van der Waals surface area contributed by atoms with Crippen LogP contribution in [0.4, 0.5) is 24.1 Å². The zero-order valence-electron chi connectivity index (χ0n) is 37.2. The molecule has 0 spiro atoms. The molecule has 338 valence electrons. The minimum absolute atomic E-state index is 0.0747. The van der Waals surface area contributed by atoms with Crippen LogP contribution in [0.1, 0.15) is 81.9 Å². The first kappa shape index (κ1) is 43.6. The van der Waals surface area contributed by atoms with E-state index in [0.717, 1.165) is 41.8 Å².